The molecule has 0 radical (unpaired) electrons. The Hall–Kier alpha value is -2.81. The van der Waals surface area contributed by atoms with Gasteiger partial charge in [0.1, 0.15) is 11.9 Å². The second-order valence-corrected chi connectivity index (χ2v) is 8.66. The van der Waals surface area contributed by atoms with Crippen LogP contribution in [0.15, 0.2) is 18.2 Å². The number of amides is 1. The van der Waals surface area contributed by atoms with Crippen molar-refractivity contribution in [2.75, 3.05) is 81.5 Å². The van der Waals surface area contributed by atoms with Crippen molar-refractivity contribution in [3.05, 3.63) is 29.3 Å². The van der Waals surface area contributed by atoms with Crippen molar-refractivity contribution in [1.29, 1.82) is 0 Å². The van der Waals surface area contributed by atoms with Gasteiger partial charge in [0.05, 0.1) is 45.7 Å². The third kappa shape index (κ3) is 16.3. The molecular formula is C27H46N2O11. The number of nitrogens with one attached hydrogen (secondary N) is 1. The first-order chi connectivity index (χ1) is 19.2. The van der Waals surface area contributed by atoms with Gasteiger partial charge in [0, 0.05) is 53.7 Å². The highest BCUT2D eigenvalue weighted by molar-refractivity contribution is 5.97. The maximum Gasteiger partial charge on any atom is 0.347 e. The van der Waals surface area contributed by atoms with Crippen LogP contribution in [0.2, 0.25) is 0 Å². The van der Waals surface area contributed by atoms with Crippen molar-refractivity contribution >= 4 is 17.8 Å². The first kappa shape index (κ1) is 37.2. The fraction of sp³-hybridized carbons (Fsp3) is 0.667. The van der Waals surface area contributed by atoms with Crippen LogP contribution in [0, 0.1) is 0 Å². The molecule has 0 aliphatic heterocycles. The average Bonchev–Trinajstić information content (AvgIpc) is 2.92. The molecule has 1 rings (SSSR count). The van der Waals surface area contributed by atoms with Gasteiger partial charge in [0.15, 0.2) is 6.10 Å². The number of benzene rings is 1. The zero-order valence-electron chi connectivity index (χ0n) is 24.5. The van der Waals surface area contributed by atoms with Crippen LogP contribution in [-0.4, -0.2) is 127 Å². The summed E-state index contributed by atoms with van der Waals surface area (Å²) in [6.45, 7) is 4.07. The molecule has 0 aliphatic rings. The number of ether oxygens (including phenoxy) is 6. The van der Waals surface area contributed by atoms with E-state index in [9.17, 15) is 19.5 Å². The van der Waals surface area contributed by atoms with Crippen LogP contribution in [-0.2, 0) is 39.9 Å². The van der Waals surface area contributed by atoms with Gasteiger partial charge < -0.3 is 48.9 Å². The number of hydrogen-bond donors (Lipinski definition) is 3. The largest absolute Gasteiger partial charge is 0.478 e. The topological polar surface area (TPSA) is 162 Å². The molecule has 0 bridgehead atoms. The summed E-state index contributed by atoms with van der Waals surface area (Å²) < 4.78 is 32.1. The Morgan fingerprint density at radius 3 is 2.27 bits per heavy atom. The molecule has 1 aromatic rings. The second kappa shape index (κ2) is 22.9. The van der Waals surface area contributed by atoms with Crippen molar-refractivity contribution in [3.63, 3.8) is 0 Å². The molecule has 2 unspecified atom stereocenters. The molecule has 230 valence electrons. The summed E-state index contributed by atoms with van der Waals surface area (Å²) in [5.41, 5.74) is 0.912. The molecule has 0 saturated heterocycles. The predicted octanol–water partition coefficient (Wildman–Crippen LogP) is 0.391. The van der Waals surface area contributed by atoms with E-state index < -0.39 is 30.1 Å². The number of aliphatic hydroxyl groups is 2. The highest BCUT2D eigenvalue weighted by Crippen LogP contribution is 2.24. The molecule has 0 spiro atoms. The first-order valence-corrected chi connectivity index (χ1v) is 12.9. The first-order valence-electron chi connectivity index (χ1n) is 12.9. The van der Waals surface area contributed by atoms with Crippen LogP contribution in [0.3, 0.4) is 0 Å². The van der Waals surface area contributed by atoms with Gasteiger partial charge in [-0.1, -0.05) is 6.07 Å². The summed E-state index contributed by atoms with van der Waals surface area (Å²) in [6, 6.07) is 4.88. The summed E-state index contributed by atoms with van der Waals surface area (Å²) in [7, 11) is 7.68. The van der Waals surface area contributed by atoms with E-state index >= 15 is 0 Å². The molecule has 1 amide bonds. The van der Waals surface area contributed by atoms with Crippen molar-refractivity contribution in [2.45, 2.75) is 38.6 Å². The zero-order valence-corrected chi connectivity index (χ0v) is 24.5. The van der Waals surface area contributed by atoms with Gasteiger partial charge in [0.25, 0.3) is 5.91 Å². The average molecular weight is 575 g/mol. The smallest absolute Gasteiger partial charge is 0.347 e. The summed E-state index contributed by atoms with van der Waals surface area (Å²) in [5, 5.41) is 19.1. The number of esters is 2. The third-order valence-corrected chi connectivity index (χ3v) is 5.18. The van der Waals surface area contributed by atoms with Crippen LogP contribution in [0.1, 0.15) is 35.7 Å². The van der Waals surface area contributed by atoms with Crippen molar-refractivity contribution < 1.29 is 53.0 Å². The van der Waals surface area contributed by atoms with Crippen LogP contribution in [0.25, 0.3) is 0 Å². The quantitative estimate of drug-likeness (QED) is 0.145. The Kier molecular flexibility index (Phi) is 21.3. The van der Waals surface area contributed by atoms with Crippen LogP contribution in [0.4, 0.5) is 0 Å². The number of aliphatic hydroxyl groups excluding tert-OH is 2. The normalized spacial score (nSPS) is 12.1. The molecule has 13 nitrogen and oxygen atoms in total. The molecule has 0 saturated carbocycles. The van der Waals surface area contributed by atoms with Gasteiger partial charge in [0.2, 0.25) is 0 Å². The van der Waals surface area contributed by atoms with Gasteiger partial charge in [-0.2, -0.15) is 0 Å². The van der Waals surface area contributed by atoms with Gasteiger partial charge in [-0.3, -0.25) is 9.59 Å². The summed E-state index contributed by atoms with van der Waals surface area (Å²) in [6.07, 6.45) is -1.93. The summed E-state index contributed by atoms with van der Waals surface area (Å²) in [4.78, 5) is 38.9. The molecule has 0 aromatic heterocycles. The Morgan fingerprint density at radius 1 is 1.02 bits per heavy atom. The Bertz CT molecular complexity index is 852. The lowest BCUT2D eigenvalue weighted by Crippen LogP contribution is -2.35. The SMILES string of the molecule is CO.COCc1ccc(OC(CC(CCO)OC(C)=O)C(=O)OC)c(C(=O)NCCOCCOCCN(C)C)c1. The van der Waals surface area contributed by atoms with E-state index in [0.717, 1.165) is 19.2 Å². The maximum absolute atomic E-state index is 13.0. The number of carbonyl (C=O) groups excluding carboxylic acids is 3. The molecule has 0 heterocycles. The predicted molar refractivity (Wildman–Crippen MR) is 146 cm³/mol. The van der Waals surface area contributed by atoms with E-state index in [0.29, 0.717) is 19.8 Å². The lowest BCUT2D eigenvalue weighted by Gasteiger charge is -2.23. The minimum Gasteiger partial charge on any atom is -0.478 e. The highest BCUT2D eigenvalue weighted by atomic mass is 16.6. The molecular weight excluding hydrogens is 528 g/mol. The minimum atomic E-state index is -1.19. The number of rotatable bonds is 20. The molecule has 2 atom stereocenters. The standard InChI is InChI=1S/C26H42N2O10.CH4O/c1-19(30)37-21(8-11-29)17-24(26(32)34-5)38-23-7-6-20(18-33-4)16-22(23)25(31)27-9-12-35-14-15-36-13-10-28(2)3;1-2/h6-7,16,21,24,29H,8-15,17-18H2,1-5H3,(H,27,31);2H,1H3. The number of carbonyl (C=O) groups is 3. The molecule has 13 heteroatoms. The van der Waals surface area contributed by atoms with Crippen molar-refractivity contribution in [3.8, 4) is 5.75 Å². The zero-order chi connectivity index (χ0) is 30.3. The minimum absolute atomic E-state index is 0.0713. The van der Waals surface area contributed by atoms with E-state index in [2.05, 4.69) is 5.32 Å². The van der Waals surface area contributed by atoms with Crippen LogP contribution < -0.4 is 10.1 Å². The Labute approximate surface area is 236 Å². The lowest BCUT2D eigenvalue weighted by molar-refractivity contribution is -0.156. The summed E-state index contributed by atoms with van der Waals surface area (Å²) >= 11 is 0. The maximum atomic E-state index is 13.0. The number of methoxy groups -OCH3 is 2. The Balaban J connectivity index is 0.00000742. The Morgan fingerprint density at radius 2 is 1.70 bits per heavy atom. The third-order valence-electron chi connectivity index (χ3n) is 5.18. The number of nitrogens with zero attached hydrogens (tertiary/aromatic N) is 1. The van der Waals surface area contributed by atoms with Gasteiger partial charge >= 0.3 is 11.9 Å². The number of likely N-dealkylation sites (N-methyl/N-ethyl adjacent to an activating group) is 1. The second-order valence-electron chi connectivity index (χ2n) is 8.66. The number of hydrogen-bond acceptors (Lipinski definition) is 12. The van der Waals surface area contributed by atoms with Crippen molar-refractivity contribution in [1.82, 2.24) is 10.2 Å². The molecule has 0 aliphatic carbocycles. The van der Waals surface area contributed by atoms with E-state index in [1.165, 1.54) is 21.1 Å². The fourth-order valence-electron chi connectivity index (χ4n) is 3.33. The van der Waals surface area contributed by atoms with Gasteiger partial charge in [-0.25, -0.2) is 4.79 Å². The van der Waals surface area contributed by atoms with Crippen LogP contribution in [0.5, 0.6) is 5.75 Å². The van der Waals surface area contributed by atoms with E-state index in [-0.39, 0.29) is 50.5 Å². The highest BCUT2D eigenvalue weighted by Gasteiger charge is 2.29. The van der Waals surface area contributed by atoms with Gasteiger partial charge in [-0.05, 0) is 31.8 Å². The van der Waals surface area contributed by atoms with Gasteiger partial charge in [-0.15, -0.1) is 0 Å². The van der Waals surface area contributed by atoms with E-state index in [1.807, 2.05) is 19.0 Å². The molecule has 0 fully saturated rings. The summed E-state index contributed by atoms with van der Waals surface area (Å²) in [5.74, 6) is -1.56. The lowest BCUT2D eigenvalue weighted by atomic mass is 10.1. The van der Waals surface area contributed by atoms with Crippen molar-refractivity contribution in [2.24, 2.45) is 0 Å². The van der Waals surface area contributed by atoms with E-state index in [4.69, 9.17) is 33.5 Å². The van der Waals surface area contributed by atoms with E-state index in [1.54, 1.807) is 18.2 Å². The fourth-order valence-corrected chi connectivity index (χ4v) is 3.33. The van der Waals surface area contributed by atoms with Crippen LogP contribution >= 0.6 is 0 Å². The molecule has 1 aromatic carbocycles. The molecule has 40 heavy (non-hydrogen) atoms. The monoisotopic (exact) mass is 574 g/mol. The molecule has 3 N–H and O–H groups in total.